The van der Waals surface area contributed by atoms with Gasteiger partial charge in [-0.3, -0.25) is 4.79 Å². The van der Waals surface area contributed by atoms with Gasteiger partial charge in [-0.2, -0.15) is 0 Å². The molecule has 0 heterocycles. The van der Waals surface area contributed by atoms with Crippen molar-refractivity contribution < 1.29 is 14.3 Å². The van der Waals surface area contributed by atoms with Gasteiger partial charge in [0.05, 0.1) is 12.6 Å². The second-order valence-corrected chi connectivity index (χ2v) is 4.00. The summed E-state index contributed by atoms with van der Waals surface area (Å²) in [5.74, 6) is -0.439. The normalized spacial score (nSPS) is 11.5. The Labute approximate surface area is 113 Å². The van der Waals surface area contributed by atoms with Gasteiger partial charge < -0.3 is 15.4 Å². The minimum absolute atomic E-state index is 0.0663. The molecule has 0 spiro atoms. The maximum atomic E-state index is 11.7. The zero-order valence-corrected chi connectivity index (χ0v) is 11.3. The lowest BCUT2D eigenvalue weighted by Crippen LogP contribution is -2.40. The number of hydrogen-bond donors (Lipinski definition) is 2. The molecule has 19 heavy (non-hydrogen) atoms. The van der Waals surface area contributed by atoms with Gasteiger partial charge in [0.1, 0.15) is 6.54 Å². The lowest BCUT2D eigenvalue weighted by atomic mass is 10.1. The molecular formula is C14H20N2O3. The van der Waals surface area contributed by atoms with Crippen LogP contribution < -0.4 is 10.6 Å². The van der Waals surface area contributed by atoms with Crippen molar-refractivity contribution in [3.05, 3.63) is 35.9 Å². The molecule has 2 amide bonds. The van der Waals surface area contributed by atoms with Gasteiger partial charge in [0.25, 0.3) is 0 Å². The number of benzene rings is 1. The summed E-state index contributed by atoms with van der Waals surface area (Å²) in [6.07, 6.45) is 0.775. The van der Waals surface area contributed by atoms with Crippen LogP contribution in [-0.2, 0) is 9.53 Å². The molecular weight excluding hydrogens is 244 g/mol. The third-order valence-corrected chi connectivity index (χ3v) is 2.61. The summed E-state index contributed by atoms with van der Waals surface area (Å²) in [5, 5.41) is 5.30. The Hall–Kier alpha value is -2.04. The summed E-state index contributed by atoms with van der Waals surface area (Å²) < 4.78 is 4.73. The molecule has 0 fully saturated rings. The van der Waals surface area contributed by atoms with E-state index < -0.39 is 5.97 Å². The van der Waals surface area contributed by atoms with Gasteiger partial charge in [-0.05, 0) is 18.9 Å². The van der Waals surface area contributed by atoms with E-state index in [2.05, 4.69) is 10.6 Å². The Bertz CT molecular complexity index is 406. The largest absolute Gasteiger partial charge is 0.465 e. The monoisotopic (exact) mass is 264 g/mol. The number of hydrogen-bond acceptors (Lipinski definition) is 3. The molecule has 0 radical (unpaired) electrons. The van der Waals surface area contributed by atoms with Gasteiger partial charge in [0, 0.05) is 0 Å². The molecule has 0 saturated carbocycles. The molecule has 0 aliphatic heterocycles. The van der Waals surface area contributed by atoms with Gasteiger partial charge in [-0.15, -0.1) is 0 Å². The third-order valence-electron chi connectivity index (χ3n) is 2.61. The standard InChI is InChI=1S/C14H20N2O3/c1-3-12(11-8-6-5-7-9-11)16-14(18)15-10-13(17)19-4-2/h5-9,12H,3-4,10H2,1-2H3,(H2,15,16,18). The Morgan fingerprint density at radius 2 is 1.89 bits per heavy atom. The summed E-state index contributed by atoms with van der Waals surface area (Å²) in [7, 11) is 0. The highest BCUT2D eigenvalue weighted by Gasteiger charge is 2.12. The summed E-state index contributed by atoms with van der Waals surface area (Å²) in [5.41, 5.74) is 1.04. The van der Waals surface area contributed by atoms with Gasteiger partial charge >= 0.3 is 12.0 Å². The van der Waals surface area contributed by atoms with E-state index in [4.69, 9.17) is 4.74 Å². The number of urea groups is 1. The van der Waals surface area contributed by atoms with Crippen molar-refractivity contribution in [1.82, 2.24) is 10.6 Å². The zero-order valence-electron chi connectivity index (χ0n) is 11.3. The first-order chi connectivity index (χ1) is 9.17. The SMILES string of the molecule is CCOC(=O)CNC(=O)NC(CC)c1ccccc1. The molecule has 1 aromatic carbocycles. The Kier molecular flexibility index (Phi) is 6.43. The van der Waals surface area contributed by atoms with Crippen LogP contribution in [0.4, 0.5) is 4.79 Å². The van der Waals surface area contributed by atoms with E-state index >= 15 is 0 Å². The van der Waals surface area contributed by atoms with E-state index in [1.807, 2.05) is 37.3 Å². The first-order valence-corrected chi connectivity index (χ1v) is 6.42. The number of ether oxygens (including phenoxy) is 1. The first-order valence-electron chi connectivity index (χ1n) is 6.42. The number of esters is 1. The van der Waals surface area contributed by atoms with Crippen molar-refractivity contribution in [2.24, 2.45) is 0 Å². The van der Waals surface area contributed by atoms with Crippen molar-refractivity contribution in [2.45, 2.75) is 26.3 Å². The van der Waals surface area contributed by atoms with Crippen LogP contribution in [0.2, 0.25) is 0 Å². The third kappa shape index (κ3) is 5.42. The zero-order chi connectivity index (χ0) is 14.1. The molecule has 1 atom stereocenters. The van der Waals surface area contributed by atoms with Crippen molar-refractivity contribution >= 4 is 12.0 Å². The van der Waals surface area contributed by atoms with Crippen molar-refractivity contribution in [3.63, 3.8) is 0 Å². The van der Waals surface area contributed by atoms with E-state index in [-0.39, 0.29) is 18.6 Å². The van der Waals surface area contributed by atoms with E-state index in [0.717, 1.165) is 12.0 Å². The maximum Gasteiger partial charge on any atom is 0.325 e. The van der Waals surface area contributed by atoms with Crippen LogP contribution in [-0.4, -0.2) is 25.2 Å². The van der Waals surface area contributed by atoms with Crippen LogP contribution >= 0.6 is 0 Å². The number of carbonyl (C=O) groups excluding carboxylic acids is 2. The molecule has 0 aromatic heterocycles. The number of amides is 2. The topological polar surface area (TPSA) is 67.4 Å². The molecule has 0 aliphatic rings. The smallest absolute Gasteiger partial charge is 0.325 e. The van der Waals surface area contributed by atoms with Crippen LogP contribution in [0.3, 0.4) is 0 Å². The highest BCUT2D eigenvalue weighted by molar-refractivity contribution is 5.80. The first kappa shape index (κ1) is 15.0. The molecule has 1 rings (SSSR count). The molecule has 1 aromatic rings. The average Bonchev–Trinajstić information content (AvgIpc) is 2.44. The van der Waals surface area contributed by atoms with Crippen molar-refractivity contribution in [2.75, 3.05) is 13.2 Å². The van der Waals surface area contributed by atoms with E-state index in [1.165, 1.54) is 0 Å². The molecule has 1 unspecified atom stereocenters. The van der Waals surface area contributed by atoms with Gasteiger partial charge in [0.15, 0.2) is 0 Å². The predicted octanol–water partition coefficient (Wildman–Crippen LogP) is 2.00. The fourth-order valence-corrected chi connectivity index (χ4v) is 1.68. The van der Waals surface area contributed by atoms with Crippen LogP contribution in [0.25, 0.3) is 0 Å². The molecule has 0 bridgehead atoms. The lowest BCUT2D eigenvalue weighted by molar-refractivity contribution is -0.141. The van der Waals surface area contributed by atoms with Crippen molar-refractivity contribution in [3.8, 4) is 0 Å². The van der Waals surface area contributed by atoms with E-state index in [0.29, 0.717) is 6.61 Å². The summed E-state index contributed by atoms with van der Waals surface area (Å²) >= 11 is 0. The predicted molar refractivity (Wildman–Crippen MR) is 72.6 cm³/mol. The second-order valence-electron chi connectivity index (χ2n) is 4.00. The molecule has 5 nitrogen and oxygen atoms in total. The second kappa shape index (κ2) is 8.13. The fourth-order valence-electron chi connectivity index (χ4n) is 1.68. The Morgan fingerprint density at radius 3 is 2.47 bits per heavy atom. The number of rotatable bonds is 6. The number of nitrogens with one attached hydrogen (secondary N) is 2. The summed E-state index contributed by atoms with van der Waals surface area (Å²) in [6, 6.07) is 9.26. The molecule has 104 valence electrons. The minimum Gasteiger partial charge on any atom is -0.465 e. The Balaban J connectivity index is 2.44. The van der Waals surface area contributed by atoms with Gasteiger partial charge in [-0.1, -0.05) is 37.3 Å². The number of carbonyl (C=O) groups is 2. The van der Waals surface area contributed by atoms with E-state index in [1.54, 1.807) is 6.92 Å². The average molecular weight is 264 g/mol. The van der Waals surface area contributed by atoms with Crippen LogP contribution in [0, 0.1) is 0 Å². The quantitative estimate of drug-likeness (QED) is 0.772. The highest BCUT2D eigenvalue weighted by Crippen LogP contribution is 2.15. The van der Waals surface area contributed by atoms with Gasteiger partial charge in [-0.25, -0.2) is 4.79 Å². The summed E-state index contributed by atoms with van der Waals surface area (Å²) in [4.78, 5) is 22.8. The lowest BCUT2D eigenvalue weighted by Gasteiger charge is -2.17. The molecule has 0 aliphatic carbocycles. The van der Waals surface area contributed by atoms with Crippen molar-refractivity contribution in [1.29, 1.82) is 0 Å². The molecule has 0 saturated heterocycles. The summed E-state index contributed by atoms with van der Waals surface area (Å²) in [6.45, 7) is 3.90. The van der Waals surface area contributed by atoms with E-state index in [9.17, 15) is 9.59 Å². The highest BCUT2D eigenvalue weighted by atomic mass is 16.5. The van der Waals surface area contributed by atoms with Crippen LogP contribution in [0.15, 0.2) is 30.3 Å². The molecule has 5 heteroatoms. The maximum absolute atomic E-state index is 11.7. The van der Waals surface area contributed by atoms with Crippen LogP contribution in [0.1, 0.15) is 31.9 Å². The van der Waals surface area contributed by atoms with Gasteiger partial charge in [0.2, 0.25) is 0 Å². The fraction of sp³-hybridized carbons (Fsp3) is 0.429. The minimum atomic E-state index is -0.439. The van der Waals surface area contributed by atoms with Crippen LogP contribution in [0.5, 0.6) is 0 Å². The Morgan fingerprint density at radius 1 is 1.21 bits per heavy atom. The molecule has 2 N–H and O–H groups in total.